The van der Waals surface area contributed by atoms with Crippen LogP contribution >= 0.6 is 0 Å². The van der Waals surface area contributed by atoms with E-state index < -0.39 is 10.0 Å². The molecule has 0 saturated carbocycles. The molecule has 0 bridgehead atoms. The van der Waals surface area contributed by atoms with Crippen LogP contribution < -0.4 is 10.5 Å². The molecule has 0 spiro atoms. The summed E-state index contributed by atoms with van der Waals surface area (Å²) >= 11 is 0. The number of ether oxygens (including phenoxy) is 1. The fourth-order valence-corrected chi connectivity index (χ4v) is 5.55. The van der Waals surface area contributed by atoms with Crippen molar-refractivity contribution in [2.45, 2.75) is 11.8 Å². The van der Waals surface area contributed by atoms with Crippen LogP contribution in [0.4, 0.5) is 5.95 Å². The first-order valence-electron chi connectivity index (χ1n) is 9.65. The van der Waals surface area contributed by atoms with Crippen LogP contribution in [0.25, 0.3) is 32.9 Å². The number of nitrogen functional groups attached to an aromatic ring is 1. The quantitative estimate of drug-likeness (QED) is 0.440. The van der Waals surface area contributed by atoms with Gasteiger partial charge in [-0.1, -0.05) is 36.4 Å². The number of aryl methyl sites for hydroxylation is 1. The summed E-state index contributed by atoms with van der Waals surface area (Å²) in [6, 6.07) is 18.0. The van der Waals surface area contributed by atoms with Crippen LogP contribution in [0.3, 0.4) is 0 Å². The van der Waals surface area contributed by atoms with E-state index in [-0.39, 0.29) is 10.8 Å². The fraction of sp³-hybridized carbons (Fsp3) is 0.0870. The average Bonchev–Trinajstić information content (AvgIpc) is 3.32. The summed E-state index contributed by atoms with van der Waals surface area (Å²) in [5.41, 5.74) is 8.39. The lowest BCUT2D eigenvalue weighted by Gasteiger charge is -2.10. The molecule has 0 amide bonds. The van der Waals surface area contributed by atoms with E-state index in [1.54, 1.807) is 37.6 Å². The number of imidazole rings is 1. The topological polar surface area (TPSA) is 103 Å². The molecule has 0 aliphatic heterocycles. The maximum atomic E-state index is 13.8. The van der Waals surface area contributed by atoms with Crippen LogP contribution in [0.2, 0.25) is 0 Å². The molecule has 5 aromatic rings. The van der Waals surface area contributed by atoms with E-state index in [1.807, 2.05) is 43.3 Å². The Morgan fingerprint density at radius 1 is 1.03 bits per heavy atom. The third-order valence-electron chi connectivity index (χ3n) is 5.42. The predicted molar refractivity (Wildman–Crippen MR) is 122 cm³/mol. The number of aromatic nitrogens is 3. The summed E-state index contributed by atoms with van der Waals surface area (Å²) < 4.78 is 34.3. The molecule has 3 N–H and O–H groups in total. The Morgan fingerprint density at radius 3 is 2.55 bits per heavy atom. The first-order chi connectivity index (χ1) is 14.9. The Kier molecular flexibility index (Phi) is 4.26. The van der Waals surface area contributed by atoms with E-state index in [1.165, 1.54) is 3.97 Å². The minimum atomic E-state index is -3.90. The number of methoxy groups -OCH3 is 1. The van der Waals surface area contributed by atoms with Gasteiger partial charge < -0.3 is 15.5 Å². The molecule has 0 unspecified atom stereocenters. The van der Waals surface area contributed by atoms with Crippen LogP contribution in [0.1, 0.15) is 5.69 Å². The maximum Gasteiger partial charge on any atom is 0.268 e. The summed E-state index contributed by atoms with van der Waals surface area (Å²) in [6.45, 7) is 1.85. The third-order valence-corrected chi connectivity index (χ3v) is 7.15. The lowest BCUT2D eigenvalue weighted by molar-refractivity contribution is 0.415. The Balaban J connectivity index is 1.84. The minimum absolute atomic E-state index is 0.239. The van der Waals surface area contributed by atoms with E-state index in [4.69, 9.17) is 10.5 Å². The molecule has 0 radical (unpaired) electrons. The first-order valence-corrected chi connectivity index (χ1v) is 11.1. The second kappa shape index (κ2) is 6.88. The van der Waals surface area contributed by atoms with Gasteiger partial charge in [0.15, 0.2) is 5.95 Å². The number of fused-ring (bicyclic) bond motifs is 2. The molecule has 7 nitrogen and oxygen atoms in total. The highest BCUT2D eigenvalue weighted by molar-refractivity contribution is 7.90. The molecule has 8 heteroatoms. The van der Waals surface area contributed by atoms with Gasteiger partial charge >= 0.3 is 0 Å². The molecule has 2 heterocycles. The van der Waals surface area contributed by atoms with Crippen LogP contribution in [0.5, 0.6) is 5.75 Å². The van der Waals surface area contributed by atoms with Crippen molar-refractivity contribution in [2.75, 3.05) is 12.8 Å². The van der Waals surface area contributed by atoms with Gasteiger partial charge in [0, 0.05) is 28.2 Å². The fourth-order valence-electron chi connectivity index (χ4n) is 3.97. The van der Waals surface area contributed by atoms with Crippen LogP contribution in [0.15, 0.2) is 71.8 Å². The molecule has 0 aliphatic carbocycles. The lowest BCUT2D eigenvalue weighted by atomic mass is 10.1. The predicted octanol–water partition coefficient (Wildman–Crippen LogP) is 4.32. The number of hydrogen-bond acceptors (Lipinski definition) is 5. The summed E-state index contributed by atoms with van der Waals surface area (Å²) in [7, 11) is -2.33. The summed E-state index contributed by atoms with van der Waals surface area (Å²) in [4.78, 5) is 7.60. The van der Waals surface area contributed by atoms with Gasteiger partial charge in [-0.3, -0.25) is 0 Å². The Morgan fingerprint density at radius 2 is 1.81 bits per heavy atom. The van der Waals surface area contributed by atoms with Gasteiger partial charge in [-0.15, -0.1) is 0 Å². The molecule has 2 aromatic heterocycles. The molecule has 0 atom stereocenters. The van der Waals surface area contributed by atoms with Crippen molar-refractivity contribution < 1.29 is 13.2 Å². The SMILES string of the molecule is COc1ccc2c(c1)c(-c1nc(N)[nH]c1C)cn2S(=O)(=O)c1cccc2ccccc12. The standard InChI is InChI=1S/C23H20N4O3S/c1-14-22(26-23(24)25-14)19-13-27(20-11-10-16(30-2)12-18(19)20)31(28,29)21-9-5-7-15-6-3-4-8-17(15)21/h3-13H,1-2H3,(H3,24,25,26). The number of nitrogens with zero attached hydrogens (tertiary/aromatic N) is 2. The van der Waals surface area contributed by atoms with Crippen molar-refractivity contribution in [2.24, 2.45) is 0 Å². The maximum absolute atomic E-state index is 13.8. The number of nitrogens with two attached hydrogens (primary N) is 1. The normalized spacial score (nSPS) is 11.9. The number of nitrogens with one attached hydrogen (secondary N) is 1. The molecule has 3 aromatic carbocycles. The smallest absolute Gasteiger partial charge is 0.268 e. The summed E-state index contributed by atoms with van der Waals surface area (Å²) in [5, 5.41) is 2.23. The number of benzene rings is 3. The van der Waals surface area contributed by atoms with Gasteiger partial charge in [0.05, 0.1) is 23.2 Å². The third kappa shape index (κ3) is 2.95. The second-order valence-corrected chi connectivity index (χ2v) is 9.08. The zero-order valence-corrected chi connectivity index (χ0v) is 17.8. The second-order valence-electron chi connectivity index (χ2n) is 7.30. The number of H-pyrrole nitrogens is 1. The van der Waals surface area contributed by atoms with E-state index in [2.05, 4.69) is 9.97 Å². The zero-order valence-electron chi connectivity index (χ0n) is 17.0. The van der Waals surface area contributed by atoms with Crippen molar-refractivity contribution in [1.29, 1.82) is 0 Å². The van der Waals surface area contributed by atoms with Crippen LogP contribution in [-0.2, 0) is 10.0 Å². The van der Waals surface area contributed by atoms with Crippen molar-refractivity contribution in [3.63, 3.8) is 0 Å². The van der Waals surface area contributed by atoms with E-state index >= 15 is 0 Å². The molecule has 0 aliphatic rings. The molecule has 156 valence electrons. The van der Waals surface area contributed by atoms with Crippen LogP contribution in [-0.4, -0.2) is 29.5 Å². The number of aromatic amines is 1. The molecular weight excluding hydrogens is 412 g/mol. The van der Waals surface area contributed by atoms with Gasteiger partial charge in [-0.05, 0) is 36.6 Å². The number of hydrogen-bond donors (Lipinski definition) is 2. The van der Waals surface area contributed by atoms with Gasteiger partial charge in [-0.25, -0.2) is 17.4 Å². The minimum Gasteiger partial charge on any atom is -0.497 e. The first kappa shape index (κ1) is 19.2. The molecule has 0 fully saturated rings. The molecular formula is C23H20N4O3S. The molecule has 31 heavy (non-hydrogen) atoms. The van der Waals surface area contributed by atoms with Crippen molar-refractivity contribution >= 4 is 37.6 Å². The van der Waals surface area contributed by atoms with Crippen molar-refractivity contribution in [1.82, 2.24) is 13.9 Å². The van der Waals surface area contributed by atoms with E-state index in [0.29, 0.717) is 33.3 Å². The largest absolute Gasteiger partial charge is 0.497 e. The zero-order chi connectivity index (χ0) is 21.8. The summed E-state index contributed by atoms with van der Waals surface area (Å²) in [5.74, 6) is 0.892. The Bertz CT molecular complexity index is 1560. The molecule has 5 rings (SSSR count). The van der Waals surface area contributed by atoms with Gasteiger partial charge in [0.2, 0.25) is 0 Å². The van der Waals surface area contributed by atoms with Gasteiger partial charge in [-0.2, -0.15) is 0 Å². The Hall–Kier alpha value is -3.78. The highest BCUT2D eigenvalue weighted by Crippen LogP contribution is 2.37. The van der Waals surface area contributed by atoms with Crippen molar-refractivity contribution in [3.05, 3.63) is 72.6 Å². The average molecular weight is 433 g/mol. The van der Waals surface area contributed by atoms with Gasteiger partial charge in [0.25, 0.3) is 10.0 Å². The summed E-state index contributed by atoms with van der Waals surface area (Å²) in [6.07, 6.45) is 1.60. The lowest BCUT2D eigenvalue weighted by Crippen LogP contribution is -2.12. The highest BCUT2D eigenvalue weighted by Gasteiger charge is 2.25. The Labute approximate surface area is 179 Å². The van der Waals surface area contributed by atoms with Crippen molar-refractivity contribution in [3.8, 4) is 17.0 Å². The van der Waals surface area contributed by atoms with Gasteiger partial charge in [0.1, 0.15) is 5.75 Å². The van der Waals surface area contributed by atoms with E-state index in [0.717, 1.165) is 11.1 Å². The van der Waals surface area contributed by atoms with Crippen LogP contribution in [0, 0.1) is 6.92 Å². The number of anilines is 1. The monoisotopic (exact) mass is 432 g/mol. The highest BCUT2D eigenvalue weighted by atomic mass is 32.2. The molecule has 0 saturated heterocycles. The van der Waals surface area contributed by atoms with E-state index in [9.17, 15) is 8.42 Å². The number of rotatable bonds is 4.